The molecule has 1 N–H and O–H groups in total. The number of carbonyl (C=O) groups excluding carboxylic acids is 1. The number of amides is 1. The van der Waals surface area contributed by atoms with Crippen LogP contribution in [0.4, 0.5) is 0 Å². The molecular weight excluding hydrogens is 266 g/mol. The highest BCUT2D eigenvalue weighted by Crippen LogP contribution is 2.60. The first-order valence-electron chi connectivity index (χ1n) is 8.66. The SMILES string of the molecule is CCOC(CNC(=O)C12CC3CC(CC(C3)C1)C2)OCC. The zero-order chi connectivity index (χ0) is 14.9. The van der Waals surface area contributed by atoms with E-state index >= 15 is 0 Å². The van der Waals surface area contributed by atoms with Gasteiger partial charge in [0.2, 0.25) is 5.91 Å². The van der Waals surface area contributed by atoms with Gasteiger partial charge in [0.15, 0.2) is 6.29 Å². The fourth-order valence-electron chi connectivity index (χ4n) is 5.29. The normalized spacial score (nSPS) is 37.2. The van der Waals surface area contributed by atoms with Crippen molar-refractivity contribution >= 4 is 5.91 Å². The van der Waals surface area contributed by atoms with Crippen molar-refractivity contribution in [2.24, 2.45) is 23.2 Å². The van der Waals surface area contributed by atoms with Gasteiger partial charge in [-0.05, 0) is 70.1 Å². The lowest BCUT2D eigenvalue weighted by Crippen LogP contribution is -2.54. The van der Waals surface area contributed by atoms with Crippen LogP contribution in [0.2, 0.25) is 0 Å². The van der Waals surface area contributed by atoms with Crippen LogP contribution in [-0.4, -0.2) is 32.0 Å². The van der Waals surface area contributed by atoms with E-state index in [9.17, 15) is 4.79 Å². The van der Waals surface area contributed by atoms with E-state index in [2.05, 4.69) is 5.32 Å². The van der Waals surface area contributed by atoms with E-state index in [4.69, 9.17) is 9.47 Å². The van der Waals surface area contributed by atoms with Crippen LogP contribution in [0, 0.1) is 23.2 Å². The van der Waals surface area contributed by atoms with Crippen molar-refractivity contribution in [2.75, 3.05) is 19.8 Å². The summed E-state index contributed by atoms with van der Waals surface area (Å²) in [6.07, 6.45) is 7.13. The standard InChI is InChI=1S/C17H29NO3/c1-3-20-15(21-4-2)11-18-16(19)17-8-12-5-13(9-17)7-14(6-12)10-17/h12-15H,3-11H2,1-2H3,(H,18,19). The smallest absolute Gasteiger partial charge is 0.226 e. The number of ether oxygens (including phenoxy) is 2. The van der Waals surface area contributed by atoms with Crippen molar-refractivity contribution in [1.29, 1.82) is 0 Å². The molecule has 0 aromatic carbocycles. The third-order valence-electron chi connectivity index (χ3n) is 5.65. The van der Waals surface area contributed by atoms with E-state index in [0.717, 1.165) is 37.0 Å². The van der Waals surface area contributed by atoms with E-state index in [1.165, 1.54) is 19.3 Å². The second kappa shape index (κ2) is 6.25. The third-order valence-corrected chi connectivity index (χ3v) is 5.65. The summed E-state index contributed by atoms with van der Waals surface area (Å²) in [5.74, 6) is 2.66. The van der Waals surface area contributed by atoms with Gasteiger partial charge in [0.25, 0.3) is 0 Å². The summed E-state index contributed by atoms with van der Waals surface area (Å²) in [4.78, 5) is 12.8. The van der Waals surface area contributed by atoms with Crippen LogP contribution < -0.4 is 5.32 Å². The summed E-state index contributed by atoms with van der Waals surface area (Å²) < 4.78 is 11.0. The predicted octanol–water partition coefficient (Wildman–Crippen LogP) is 2.72. The Bertz CT molecular complexity index is 341. The molecule has 4 aliphatic carbocycles. The molecule has 0 heterocycles. The van der Waals surface area contributed by atoms with E-state index in [1.807, 2.05) is 13.8 Å². The molecule has 1 amide bonds. The highest BCUT2D eigenvalue weighted by molar-refractivity contribution is 5.83. The monoisotopic (exact) mass is 295 g/mol. The Hall–Kier alpha value is -0.610. The lowest BCUT2D eigenvalue weighted by atomic mass is 9.49. The van der Waals surface area contributed by atoms with E-state index in [-0.39, 0.29) is 17.6 Å². The third kappa shape index (κ3) is 3.11. The number of hydrogen-bond donors (Lipinski definition) is 1. The predicted molar refractivity (Wildman–Crippen MR) is 80.7 cm³/mol. The molecule has 120 valence electrons. The zero-order valence-corrected chi connectivity index (χ0v) is 13.4. The summed E-state index contributed by atoms with van der Waals surface area (Å²) in [6, 6.07) is 0. The van der Waals surface area contributed by atoms with Crippen LogP contribution in [0.5, 0.6) is 0 Å². The maximum absolute atomic E-state index is 12.8. The molecule has 4 bridgehead atoms. The Labute approximate surface area is 127 Å². The summed E-state index contributed by atoms with van der Waals surface area (Å²) in [6.45, 7) is 5.60. The Kier molecular flexibility index (Phi) is 4.55. The van der Waals surface area contributed by atoms with Crippen molar-refractivity contribution in [3.63, 3.8) is 0 Å². The second-order valence-corrected chi connectivity index (χ2v) is 7.25. The van der Waals surface area contributed by atoms with Gasteiger partial charge in [0, 0.05) is 18.6 Å². The zero-order valence-electron chi connectivity index (χ0n) is 13.4. The van der Waals surface area contributed by atoms with Crippen LogP contribution in [0.3, 0.4) is 0 Å². The van der Waals surface area contributed by atoms with Gasteiger partial charge >= 0.3 is 0 Å². The van der Waals surface area contributed by atoms with Gasteiger partial charge in [-0.15, -0.1) is 0 Å². The molecular formula is C17H29NO3. The number of carbonyl (C=O) groups is 1. The molecule has 4 aliphatic rings. The first-order valence-corrected chi connectivity index (χ1v) is 8.66. The maximum Gasteiger partial charge on any atom is 0.226 e. The Morgan fingerprint density at radius 1 is 1.05 bits per heavy atom. The molecule has 0 aromatic rings. The molecule has 4 heteroatoms. The highest BCUT2D eigenvalue weighted by atomic mass is 16.7. The lowest BCUT2D eigenvalue weighted by Gasteiger charge is -2.55. The van der Waals surface area contributed by atoms with Crippen molar-refractivity contribution in [3.8, 4) is 0 Å². The van der Waals surface area contributed by atoms with Crippen molar-refractivity contribution < 1.29 is 14.3 Å². The summed E-state index contributed by atoms with van der Waals surface area (Å²) >= 11 is 0. The van der Waals surface area contributed by atoms with Crippen LogP contribution >= 0.6 is 0 Å². The maximum atomic E-state index is 12.8. The highest BCUT2D eigenvalue weighted by Gasteiger charge is 2.54. The first kappa shape index (κ1) is 15.3. The topological polar surface area (TPSA) is 47.6 Å². The van der Waals surface area contributed by atoms with Gasteiger partial charge in [-0.3, -0.25) is 4.79 Å². The quantitative estimate of drug-likeness (QED) is 0.735. The van der Waals surface area contributed by atoms with Gasteiger partial charge in [-0.25, -0.2) is 0 Å². The number of nitrogens with one attached hydrogen (secondary N) is 1. The minimum atomic E-state index is -0.308. The molecule has 4 nitrogen and oxygen atoms in total. The molecule has 4 fully saturated rings. The van der Waals surface area contributed by atoms with Gasteiger partial charge in [-0.1, -0.05) is 0 Å². The van der Waals surface area contributed by atoms with Gasteiger partial charge in [0.1, 0.15) is 0 Å². The Morgan fingerprint density at radius 3 is 1.95 bits per heavy atom. The van der Waals surface area contributed by atoms with Gasteiger partial charge < -0.3 is 14.8 Å². The molecule has 21 heavy (non-hydrogen) atoms. The van der Waals surface area contributed by atoms with Gasteiger partial charge in [-0.2, -0.15) is 0 Å². The molecule has 0 atom stereocenters. The molecule has 0 saturated heterocycles. The largest absolute Gasteiger partial charge is 0.351 e. The fourth-order valence-corrected chi connectivity index (χ4v) is 5.29. The summed E-state index contributed by atoms with van der Waals surface area (Å²) in [5, 5.41) is 3.12. The van der Waals surface area contributed by atoms with Crippen molar-refractivity contribution in [3.05, 3.63) is 0 Å². The molecule has 0 aromatic heterocycles. The molecule has 0 radical (unpaired) electrons. The molecule has 0 aliphatic heterocycles. The van der Waals surface area contributed by atoms with Gasteiger partial charge in [0.05, 0.1) is 6.54 Å². The van der Waals surface area contributed by atoms with E-state index < -0.39 is 0 Å². The number of rotatable bonds is 7. The van der Waals surface area contributed by atoms with E-state index in [0.29, 0.717) is 19.8 Å². The second-order valence-electron chi connectivity index (χ2n) is 7.25. The molecule has 0 unspecified atom stereocenters. The summed E-state index contributed by atoms with van der Waals surface area (Å²) in [7, 11) is 0. The summed E-state index contributed by atoms with van der Waals surface area (Å²) in [5.41, 5.74) is -0.0717. The first-order chi connectivity index (χ1) is 10.1. The van der Waals surface area contributed by atoms with Crippen LogP contribution in [-0.2, 0) is 14.3 Å². The number of hydrogen-bond acceptors (Lipinski definition) is 3. The van der Waals surface area contributed by atoms with Crippen LogP contribution in [0.1, 0.15) is 52.4 Å². The van der Waals surface area contributed by atoms with Crippen molar-refractivity contribution in [2.45, 2.75) is 58.7 Å². The van der Waals surface area contributed by atoms with E-state index in [1.54, 1.807) is 0 Å². The lowest BCUT2D eigenvalue weighted by molar-refractivity contribution is -0.155. The van der Waals surface area contributed by atoms with Crippen LogP contribution in [0.15, 0.2) is 0 Å². The Balaban J connectivity index is 1.57. The Morgan fingerprint density at radius 2 is 1.52 bits per heavy atom. The minimum absolute atomic E-state index is 0.0717. The van der Waals surface area contributed by atoms with Crippen LogP contribution in [0.25, 0.3) is 0 Å². The average Bonchev–Trinajstić information content (AvgIpc) is 2.43. The minimum Gasteiger partial charge on any atom is -0.351 e. The molecule has 4 saturated carbocycles. The average molecular weight is 295 g/mol. The fraction of sp³-hybridized carbons (Fsp3) is 0.941. The van der Waals surface area contributed by atoms with Crippen molar-refractivity contribution in [1.82, 2.24) is 5.32 Å². The molecule has 0 spiro atoms. The molecule has 4 rings (SSSR count).